The molecule has 1 aromatic carbocycles. The van der Waals surface area contributed by atoms with E-state index in [2.05, 4.69) is 10.6 Å². The number of aryl methyl sites for hydroxylation is 1. The number of carbonyl (C=O) groups is 3. The minimum atomic E-state index is -0.841. The highest BCUT2D eigenvalue weighted by Crippen LogP contribution is 2.38. The number of hydrogen-bond acceptors (Lipinski definition) is 3. The molecule has 25 heavy (non-hydrogen) atoms. The van der Waals surface area contributed by atoms with E-state index < -0.39 is 17.5 Å². The summed E-state index contributed by atoms with van der Waals surface area (Å²) in [7, 11) is 0. The summed E-state index contributed by atoms with van der Waals surface area (Å²) in [5.41, 5.74) is 0.587. The zero-order valence-electron chi connectivity index (χ0n) is 14.4. The van der Waals surface area contributed by atoms with Gasteiger partial charge in [0.1, 0.15) is 12.1 Å². The standard InChI is InChI=1S/C18H22ClN3O3/c1-11-9-13(19)6-7-14(11)20-15(23)10-22-16(24)18(21-17(22)25)8-4-3-5-12(18)2/h6-7,9,12H,3-5,8,10H2,1-2H3,(H,20,23)(H,21,25)/t12-,18+/m1/s1. The number of carbonyl (C=O) groups excluding carboxylic acids is 3. The van der Waals surface area contributed by atoms with Gasteiger partial charge in [-0.1, -0.05) is 31.4 Å². The highest BCUT2D eigenvalue weighted by molar-refractivity contribution is 6.30. The molecule has 4 amide bonds. The molecule has 0 bridgehead atoms. The Kier molecular flexibility index (Phi) is 4.73. The minimum Gasteiger partial charge on any atom is -0.324 e. The second-order valence-electron chi connectivity index (χ2n) is 6.95. The fraction of sp³-hybridized carbons (Fsp3) is 0.500. The van der Waals surface area contributed by atoms with Crippen molar-refractivity contribution in [2.45, 2.75) is 45.1 Å². The summed E-state index contributed by atoms with van der Waals surface area (Å²) in [6.07, 6.45) is 3.49. The minimum absolute atomic E-state index is 0.0734. The SMILES string of the molecule is Cc1cc(Cl)ccc1NC(=O)CN1C(=O)N[C@]2(CCCC[C@H]2C)C1=O. The maximum atomic E-state index is 12.8. The molecule has 2 aliphatic rings. The van der Waals surface area contributed by atoms with E-state index in [9.17, 15) is 14.4 Å². The zero-order chi connectivity index (χ0) is 18.2. The monoisotopic (exact) mass is 363 g/mol. The van der Waals surface area contributed by atoms with Gasteiger partial charge in [0.2, 0.25) is 5.91 Å². The maximum absolute atomic E-state index is 12.8. The fourth-order valence-electron chi connectivity index (χ4n) is 3.74. The van der Waals surface area contributed by atoms with E-state index in [-0.39, 0.29) is 18.4 Å². The van der Waals surface area contributed by atoms with Crippen LogP contribution in [-0.2, 0) is 9.59 Å². The van der Waals surface area contributed by atoms with E-state index in [0.717, 1.165) is 29.7 Å². The van der Waals surface area contributed by atoms with E-state index in [1.54, 1.807) is 18.2 Å². The predicted octanol–water partition coefficient (Wildman–Crippen LogP) is 3.09. The van der Waals surface area contributed by atoms with Gasteiger partial charge in [0.15, 0.2) is 0 Å². The van der Waals surface area contributed by atoms with Gasteiger partial charge in [0, 0.05) is 10.7 Å². The zero-order valence-corrected chi connectivity index (χ0v) is 15.2. The molecule has 0 unspecified atom stereocenters. The summed E-state index contributed by atoms with van der Waals surface area (Å²) >= 11 is 5.91. The van der Waals surface area contributed by atoms with Crippen molar-refractivity contribution in [3.05, 3.63) is 28.8 Å². The van der Waals surface area contributed by atoms with Crippen LogP contribution in [0.3, 0.4) is 0 Å². The molecule has 0 radical (unpaired) electrons. The van der Waals surface area contributed by atoms with Gasteiger partial charge in [0.25, 0.3) is 5.91 Å². The molecular weight excluding hydrogens is 342 g/mol. The third kappa shape index (κ3) is 3.23. The van der Waals surface area contributed by atoms with Crippen LogP contribution < -0.4 is 10.6 Å². The molecule has 1 aliphatic carbocycles. The van der Waals surface area contributed by atoms with Gasteiger partial charge in [-0.2, -0.15) is 0 Å². The molecule has 134 valence electrons. The smallest absolute Gasteiger partial charge is 0.324 e. The number of rotatable bonds is 3. The van der Waals surface area contributed by atoms with Gasteiger partial charge in [-0.05, 0) is 49.4 Å². The summed E-state index contributed by atoms with van der Waals surface area (Å²) < 4.78 is 0. The first-order chi connectivity index (χ1) is 11.8. The largest absolute Gasteiger partial charge is 0.325 e. The number of nitrogens with one attached hydrogen (secondary N) is 2. The molecule has 2 N–H and O–H groups in total. The van der Waals surface area contributed by atoms with E-state index in [1.165, 1.54) is 0 Å². The summed E-state index contributed by atoms with van der Waals surface area (Å²) in [4.78, 5) is 38.5. The van der Waals surface area contributed by atoms with E-state index in [4.69, 9.17) is 11.6 Å². The van der Waals surface area contributed by atoms with E-state index in [0.29, 0.717) is 17.1 Å². The lowest BCUT2D eigenvalue weighted by atomic mass is 9.73. The van der Waals surface area contributed by atoms with Gasteiger partial charge < -0.3 is 10.6 Å². The van der Waals surface area contributed by atoms with Crippen LogP contribution >= 0.6 is 11.6 Å². The van der Waals surface area contributed by atoms with Crippen LogP contribution in [0.25, 0.3) is 0 Å². The van der Waals surface area contributed by atoms with E-state index >= 15 is 0 Å². The molecule has 6 nitrogen and oxygen atoms in total. The first-order valence-corrected chi connectivity index (χ1v) is 8.91. The van der Waals surface area contributed by atoms with Crippen LogP contribution in [0.15, 0.2) is 18.2 Å². The lowest BCUT2D eigenvalue weighted by Crippen LogP contribution is -2.54. The normalized spacial score (nSPS) is 26.0. The average molecular weight is 364 g/mol. The summed E-state index contributed by atoms with van der Waals surface area (Å²) in [6.45, 7) is 3.52. The van der Waals surface area contributed by atoms with Crippen LogP contribution in [0.2, 0.25) is 5.02 Å². The number of amides is 4. The molecule has 3 rings (SSSR count). The number of anilines is 1. The molecule has 7 heteroatoms. The van der Waals surface area contributed by atoms with Crippen molar-refractivity contribution < 1.29 is 14.4 Å². The lowest BCUT2D eigenvalue weighted by Gasteiger charge is -2.36. The van der Waals surface area contributed by atoms with Gasteiger partial charge in [-0.15, -0.1) is 0 Å². The Bertz CT molecular complexity index is 736. The number of halogens is 1. The van der Waals surface area contributed by atoms with Crippen molar-refractivity contribution in [1.82, 2.24) is 10.2 Å². The van der Waals surface area contributed by atoms with Crippen LogP contribution in [0, 0.1) is 12.8 Å². The van der Waals surface area contributed by atoms with Crippen LogP contribution in [-0.4, -0.2) is 34.8 Å². The topological polar surface area (TPSA) is 78.5 Å². The van der Waals surface area contributed by atoms with Crippen molar-refractivity contribution in [1.29, 1.82) is 0 Å². The second-order valence-corrected chi connectivity index (χ2v) is 7.38. The number of imide groups is 1. The summed E-state index contributed by atoms with van der Waals surface area (Å²) in [5.74, 6) is -0.619. The first kappa shape index (κ1) is 17.7. The van der Waals surface area contributed by atoms with Crippen molar-refractivity contribution in [3.63, 3.8) is 0 Å². The molecule has 1 saturated carbocycles. The van der Waals surface area contributed by atoms with Gasteiger partial charge in [0.05, 0.1) is 0 Å². The molecule has 2 fully saturated rings. The van der Waals surface area contributed by atoms with Crippen LogP contribution in [0.1, 0.15) is 38.2 Å². The molecule has 1 aromatic rings. The number of nitrogens with zero attached hydrogens (tertiary/aromatic N) is 1. The molecule has 1 saturated heterocycles. The Labute approximate surface area is 151 Å². The Morgan fingerprint density at radius 3 is 2.84 bits per heavy atom. The van der Waals surface area contributed by atoms with Gasteiger partial charge >= 0.3 is 6.03 Å². The quantitative estimate of drug-likeness (QED) is 0.810. The number of benzene rings is 1. The van der Waals surface area contributed by atoms with Crippen LogP contribution in [0.5, 0.6) is 0 Å². The lowest BCUT2D eigenvalue weighted by molar-refractivity contribution is -0.136. The number of hydrogen-bond donors (Lipinski definition) is 2. The van der Waals surface area contributed by atoms with Gasteiger partial charge in [-0.3, -0.25) is 14.5 Å². The van der Waals surface area contributed by atoms with Crippen molar-refractivity contribution in [3.8, 4) is 0 Å². The highest BCUT2D eigenvalue weighted by atomic mass is 35.5. The first-order valence-electron chi connectivity index (χ1n) is 8.53. The Morgan fingerprint density at radius 2 is 2.16 bits per heavy atom. The fourth-order valence-corrected chi connectivity index (χ4v) is 3.97. The Hall–Kier alpha value is -2.08. The summed E-state index contributed by atoms with van der Waals surface area (Å²) in [6, 6.07) is 4.63. The summed E-state index contributed by atoms with van der Waals surface area (Å²) in [5, 5.41) is 6.16. The van der Waals surface area contributed by atoms with Crippen molar-refractivity contribution >= 4 is 35.1 Å². The van der Waals surface area contributed by atoms with Crippen molar-refractivity contribution in [2.24, 2.45) is 5.92 Å². The molecule has 1 heterocycles. The third-order valence-electron chi connectivity index (χ3n) is 5.27. The molecule has 0 aromatic heterocycles. The van der Waals surface area contributed by atoms with E-state index in [1.807, 2.05) is 13.8 Å². The molecular formula is C18H22ClN3O3. The third-order valence-corrected chi connectivity index (χ3v) is 5.50. The Balaban J connectivity index is 1.71. The van der Waals surface area contributed by atoms with Gasteiger partial charge in [-0.25, -0.2) is 4.79 Å². The molecule has 1 aliphatic heterocycles. The maximum Gasteiger partial charge on any atom is 0.325 e. The van der Waals surface area contributed by atoms with Crippen molar-refractivity contribution in [2.75, 3.05) is 11.9 Å². The predicted molar refractivity (Wildman–Crippen MR) is 95.4 cm³/mol. The highest BCUT2D eigenvalue weighted by Gasteiger charge is 2.55. The molecule has 2 atom stereocenters. The van der Waals surface area contributed by atoms with Crippen LogP contribution in [0.4, 0.5) is 10.5 Å². The Morgan fingerprint density at radius 1 is 1.40 bits per heavy atom. The average Bonchev–Trinajstić information content (AvgIpc) is 2.78. The number of urea groups is 1. The molecule has 1 spiro atoms. The second kappa shape index (κ2) is 6.67.